The predicted octanol–water partition coefficient (Wildman–Crippen LogP) is 7.40. The Morgan fingerprint density at radius 2 is 1.87 bits per heavy atom. The van der Waals surface area contributed by atoms with Gasteiger partial charge in [0.1, 0.15) is 12.4 Å². The number of ether oxygens (including phenoxy) is 1. The monoisotopic (exact) mass is 529 g/mol. The van der Waals surface area contributed by atoms with Crippen LogP contribution in [0, 0.1) is 6.92 Å². The molecule has 4 rings (SSSR count). The van der Waals surface area contributed by atoms with Crippen molar-refractivity contribution in [3.63, 3.8) is 0 Å². The molecule has 3 nitrogen and oxygen atoms in total. The molecule has 0 spiro atoms. The first-order valence-electron chi connectivity index (χ1n) is 9.43. The summed E-state index contributed by atoms with van der Waals surface area (Å²) in [7, 11) is 0. The first kappa shape index (κ1) is 22.1. The van der Waals surface area contributed by atoms with E-state index in [1.807, 2.05) is 79.7 Å². The van der Waals surface area contributed by atoms with Crippen molar-refractivity contribution >= 4 is 73.5 Å². The van der Waals surface area contributed by atoms with E-state index in [4.69, 9.17) is 28.6 Å². The van der Waals surface area contributed by atoms with E-state index in [1.165, 1.54) is 11.8 Å². The van der Waals surface area contributed by atoms with E-state index in [2.05, 4.69) is 15.9 Å². The van der Waals surface area contributed by atoms with Gasteiger partial charge < -0.3 is 4.74 Å². The molecule has 3 aromatic carbocycles. The van der Waals surface area contributed by atoms with Crippen LogP contribution in [0.2, 0.25) is 5.02 Å². The summed E-state index contributed by atoms with van der Waals surface area (Å²) in [5.41, 5.74) is 3.61. The van der Waals surface area contributed by atoms with Crippen molar-refractivity contribution in [1.29, 1.82) is 0 Å². The minimum Gasteiger partial charge on any atom is -0.488 e. The molecule has 0 N–H and O–H groups in total. The van der Waals surface area contributed by atoms with E-state index in [9.17, 15) is 4.79 Å². The van der Waals surface area contributed by atoms with Gasteiger partial charge in [0.05, 0.1) is 15.1 Å². The number of halogens is 2. The molecule has 1 aliphatic heterocycles. The van der Waals surface area contributed by atoms with Gasteiger partial charge in [-0.15, -0.1) is 0 Å². The lowest BCUT2D eigenvalue weighted by molar-refractivity contribution is -0.113. The number of rotatable bonds is 5. The van der Waals surface area contributed by atoms with Gasteiger partial charge in [-0.3, -0.25) is 9.69 Å². The van der Waals surface area contributed by atoms with Crippen molar-refractivity contribution in [2.24, 2.45) is 0 Å². The maximum Gasteiger partial charge on any atom is 0.270 e. The van der Waals surface area contributed by atoms with Gasteiger partial charge >= 0.3 is 0 Å². The topological polar surface area (TPSA) is 29.5 Å². The summed E-state index contributed by atoms with van der Waals surface area (Å²) >= 11 is 16.5. The number of hydrogen-bond acceptors (Lipinski definition) is 4. The second-order valence-corrected chi connectivity index (χ2v) is 9.81. The van der Waals surface area contributed by atoms with E-state index in [1.54, 1.807) is 4.90 Å². The van der Waals surface area contributed by atoms with Crippen LogP contribution in [0.1, 0.15) is 16.7 Å². The number of anilines is 1. The number of aryl methyl sites for hydroxylation is 1. The zero-order chi connectivity index (χ0) is 22.0. The van der Waals surface area contributed by atoms with Gasteiger partial charge in [-0.1, -0.05) is 78.0 Å². The quantitative estimate of drug-likeness (QED) is 0.254. The van der Waals surface area contributed by atoms with Crippen molar-refractivity contribution in [2.45, 2.75) is 13.5 Å². The molecule has 1 saturated heterocycles. The van der Waals surface area contributed by atoms with Crippen molar-refractivity contribution < 1.29 is 9.53 Å². The normalized spacial score (nSPS) is 15.1. The fourth-order valence-electron chi connectivity index (χ4n) is 3.14. The maximum atomic E-state index is 13.0. The molecule has 0 unspecified atom stereocenters. The first-order valence-corrected chi connectivity index (χ1v) is 11.8. The fraction of sp³-hybridized carbons (Fsp3) is 0.0833. The highest BCUT2D eigenvalue weighted by molar-refractivity contribution is 9.10. The summed E-state index contributed by atoms with van der Waals surface area (Å²) in [6.07, 6.45) is 1.85. The molecule has 7 heteroatoms. The van der Waals surface area contributed by atoms with Crippen molar-refractivity contribution in [3.05, 3.63) is 97.8 Å². The van der Waals surface area contributed by atoms with Crippen LogP contribution in [0.15, 0.2) is 76.1 Å². The number of carbonyl (C=O) groups is 1. The third kappa shape index (κ3) is 4.88. The molecule has 1 amide bonds. The lowest BCUT2D eigenvalue weighted by atomic mass is 10.1. The third-order valence-electron chi connectivity index (χ3n) is 4.74. The van der Waals surface area contributed by atoms with Gasteiger partial charge in [-0.05, 0) is 64.3 Å². The van der Waals surface area contributed by atoms with E-state index < -0.39 is 0 Å². The zero-order valence-corrected chi connectivity index (χ0v) is 20.4. The molecule has 31 heavy (non-hydrogen) atoms. The lowest BCUT2D eigenvalue weighted by Crippen LogP contribution is -2.28. The van der Waals surface area contributed by atoms with Crippen LogP contribution in [0.3, 0.4) is 0 Å². The highest BCUT2D eigenvalue weighted by Gasteiger charge is 2.33. The highest BCUT2D eigenvalue weighted by Crippen LogP contribution is 2.38. The van der Waals surface area contributed by atoms with Crippen LogP contribution in [0.25, 0.3) is 6.08 Å². The molecular weight excluding hydrogens is 514 g/mol. The lowest BCUT2D eigenvalue weighted by Gasteiger charge is -2.16. The van der Waals surface area contributed by atoms with Gasteiger partial charge in [0.15, 0.2) is 4.32 Å². The molecule has 1 aliphatic rings. The number of thioether (sulfide) groups is 1. The minimum atomic E-state index is -0.112. The Hall–Kier alpha value is -2.12. The summed E-state index contributed by atoms with van der Waals surface area (Å²) in [4.78, 5) is 15.2. The van der Waals surface area contributed by atoms with Crippen LogP contribution in [-0.2, 0) is 11.4 Å². The van der Waals surface area contributed by atoms with E-state index >= 15 is 0 Å². The number of carbonyl (C=O) groups excluding carboxylic acids is 1. The Bertz CT molecular complexity index is 1210. The average Bonchev–Trinajstić information content (AvgIpc) is 3.02. The molecule has 0 aliphatic carbocycles. The fourth-order valence-corrected chi connectivity index (χ4v) is 5.12. The minimum absolute atomic E-state index is 0.112. The third-order valence-corrected chi connectivity index (χ3v) is 7.04. The van der Waals surface area contributed by atoms with Gasteiger partial charge in [0.2, 0.25) is 0 Å². The largest absolute Gasteiger partial charge is 0.488 e. The number of para-hydroxylation sites is 1. The second-order valence-electron chi connectivity index (χ2n) is 6.87. The molecule has 1 fully saturated rings. The SMILES string of the molecule is Cc1ccccc1N1C(=O)/C(=C\c2ccc(OCc3ccccc3Cl)c(Br)c2)SC1=S. The predicted molar refractivity (Wildman–Crippen MR) is 137 cm³/mol. The molecule has 3 aromatic rings. The number of hydrogen-bond donors (Lipinski definition) is 0. The van der Waals surface area contributed by atoms with E-state index in [-0.39, 0.29) is 5.91 Å². The standard InChI is InChI=1S/C24H17BrClNO2S2/c1-15-6-2-5-9-20(15)27-23(28)22(31-24(27)30)13-16-10-11-21(18(25)12-16)29-14-17-7-3-4-8-19(17)26/h2-13H,14H2,1H3/b22-13+. The van der Waals surface area contributed by atoms with E-state index in [0.29, 0.717) is 26.6 Å². The molecule has 0 bridgehead atoms. The Morgan fingerprint density at radius 3 is 2.61 bits per heavy atom. The second kappa shape index (κ2) is 9.57. The average molecular weight is 531 g/mol. The Kier molecular flexibility index (Phi) is 6.82. The van der Waals surface area contributed by atoms with Crippen LogP contribution in [0.5, 0.6) is 5.75 Å². The number of benzene rings is 3. The molecule has 0 radical (unpaired) electrons. The molecule has 0 atom stereocenters. The molecule has 156 valence electrons. The summed E-state index contributed by atoms with van der Waals surface area (Å²) in [5, 5.41) is 0.672. The van der Waals surface area contributed by atoms with Gasteiger partial charge in [0, 0.05) is 10.6 Å². The van der Waals surface area contributed by atoms with Crippen LogP contribution in [-0.4, -0.2) is 10.2 Å². The Labute approximate surface area is 204 Å². The molecule has 0 aromatic heterocycles. The van der Waals surface area contributed by atoms with Gasteiger partial charge in [-0.25, -0.2) is 0 Å². The molecular formula is C24H17BrClNO2S2. The highest BCUT2D eigenvalue weighted by atomic mass is 79.9. The molecule has 1 heterocycles. The zero-order valence-electron chi connectivity index (χ0n) is 16.5. The summed E-state index contributed by atoms with van der Waals surface area (Å²) in [5.74, 6) is 0.587. The Balaban J connectivity index is 1.52. The van der Waals surface area contributed by atoms with Crippen molar-refractivity contribution in [2.75, 3.05) is 4.90 Å². The van der Waals surface area contributed by atoms with Gasteiger partial charge in [-0.2, -0.15) is 0 Å². The van der Waals surface area contributed by atoms with Crippen molar-refractivity contribution in [3.8, 4) is 5.75 Å². The number of thiocarbonyl (C=S) groups is 1. The summed E-state index contributed by atoms with van der Waals surface area (Å²) in [6.45, 7) is 2.34. The number of nitrogens with zero attached hydrogens (tertiary/aromatic N) is 1. The smallest absolute Gasteiger partial charge is 0.270 e. The summed E-state index contributed by atoms with van der Waals surface area (Å²) in [6, 6.07) is 21.0. The van der Waals surface area contributed by atoms with Crippen LogP contribution < -0.4 is 9.64 Å². The maximum absolute atomic E-state index is 13.0. The van der Waals surface area contributed by atoms with Crippen LogP contribution >= 0.6 is 51.5 Å². The molecule has 0 saturated carbocycles. The number of amides is 1. The van der Waals surface area contributed by atoms with Crippen LogP contribution in [0.4, 0.5) is 5.69 Å². The van der Waals surface area contributed by atoms with E-state index in [0.717, 1.165) is 26.9 Å². The van der Waals surface area contributed by atoms with Gasteiger partial charge in [0.25, 0.3) is 5.91 Å². The first-order chi connectivity index (χ1) is 14.9. The Morgan fingerprint density at radius 1 is 1.13 bits per heavy atom. The summed E-state index contributed by atoms with van der Waals surface area (Å²) < 4.78 is 7.23. The van der Waals surface area contributed by atoms with Crippen molar-refractivity contribution in [1.82, 2.24) is 0 Å².